The molecule has 1 amide bonds. The number of piperazine rings is 1. The van der Waals surface area contributed by atoms with Crippen molar-refractivity contribution in [3.8, 4) is 0 Å². The van der Waals surface area contributed by atoms with Gasteiger partial charge in [-0.25, -0.2) is 0 Å². The van der Waals surface area contributed by atoms with Crippen LogP contribution in [0.15, 0.2) is 6.07 Å². The molecule has 36 heavy (non-hydrogen) atoms. The molecule has 4 rings (SSSR count). The number of rotatable bonds is 8. The molecule has 0 spiro atoms. The number of carbonyl (C=O) groups is 1. The number of ether oxygens (including phenoxy) is 1. The fourth-order valence-corrected chi connectivity index (χ4v) is 6.25. The molecule has 0 radical (unpaired) electrons. The molecule has 0 bridgehead atoms. The quantitative estimate of drug-likeness (QED) is 0.592. The van der Waals surface area contributed by atoms with Crippen LogP contribution >= 0.6 is 0 Å². The highest BCUT2D eigenvalue weighted by molar-refractivity contribution is 5.97. The van der Waals surface area contributed by atoms with E-state index >= 15 is 0 Å². The Kier molecular flexibility index (Phi) is 8.75. The normalized spacial score (nSPS) is 28.9. The van der Waals surface area contributed by atoms with Crippen LogP contribution in [0.25, 0.3) is 0 Å². The fourth-order valence-electron chi connectivity index (χ4n) is 6.25. The summed E-state index contributed by atoms with van der Waals surface area (Å²) in [4.78, 5) is 26.1. The van der Waals surface area contributed by atoms with Gasteiger partial charge in [-0.2, -0.15) is 0 Å². The number of nitrogens with zero attached hydrogens (tertiary/aromatic N) is 4. The standard InChI is InChI=1S/C29H49N5O2/c1-8-10-11-23-12-26-28(31-25(23)9-2)29(6,7)19-34(26)27(35)16-32-14-20(3)30-13-24(32)15-33-21(4)17-36-18-22(33)5/h12,20-22,24,30H,8-11,13-19H2,1-7H3/t20-,21-,22-,24-/m1/s1. The second kappa shape index (κ2) is 11.5. The van der Waals surface area contributed by atoms with Crippen molar-refractivity contribution in [1.29, 1.82) is 0 Å². The molecular weight excluding hydrogens is 450 g/mol. The molecule has 4 atom stereocenters. The van der Waals surface area contributed by atoms with E-state index in [4.69, 9.17) is 9.72 Å². The van der Waals surface area contributed by atoms with Crippen molar-refractivity contribution >= 4 is 11.6 Å². The molecular formula is C29H49N5O2. The third kappa shape index (κ3) is 5.79. The summed E-state index contributed by atoms with van der Waals surface area (Å²) in [5, 5.41) is 3.66. The zero-order valence-electron chi connectivity index (χ0n) is 23.8. The van der Waals surface area contributed by atoms with Gasteiger partial charge in [0.2, 0.25) is 5.91 Å². The van der Waals surface area contributed by atoms with Crippen LogP contribution in [0, 0.1) is 0 Å². The molecule has 0 aromatic carbocycles. The Morgan fingerprint density at radius 1 is 1.19 bits per heavy atom. The van der Waals surface area contributed by atoms with Crippen molar-refractivity contribution in [2.24, 2.45) is 0 Å². The van der Waals surface area contributed by atoms with Crippen molar-refractivity contribution in [3.05, 3.63) is 23.0 Å². The minimum atomic E-state index is -0.132. The zero-order valence-corrected chi connectivity index (χ0v) is 23.8. The highest BCUT2D eigenvalue weighted by atomic mass is 16.5. The summed E-state index contributed by atoms with van der Waals surface area (Å²) < 4.78 is 5.76. The van der Waals surface area contributed by atoms with E-state index in [2.05, 4.69) is 69.6 Å². The number of amides is 1. The van der Waals surface area contributed by atoms with E-state index in [0.717, 1.165) is 69.9 Å². The van der Waals surface area contributed by atoms with Crippen molar-refractivity contribution in [2.45, 2.75) is 104 Å². The molecule has 1 N–H and O–H groups in total. The summed E-state index contributed by atoms with van der Waals surface area (Å²) in [5.74, 6) is 0.205. The summed E-state index contributed by atoms with van der Waals surface area (Å²) >= 11 is 0. The predicted molar refractivity (Wildman–Crippen MR) is 147 cm³/mol. The lowest BCUT2D eigenvalue weighted by atomic mass is 9.90. The van der Waals surface area contributed by atoms with Crippen molar-refractivity contribution < 1.29 is 9.53 Å². The highest BCUT2D eigenvalue weighted by Crippen LogP contribution is 2.40. The summed E-state index contributed by atoms with van der Waals surface area (Å²) in [5.41, 5.74) is 4.52. The number of unbranched alkanes of at least 4 members (excludes halogenated alkanes) is 1. The Labute approximate surface area is 218 Å². The van der Waals surface area contributed by atoms with Gasteiger partial charge in [-0.1, -0.05) is 34.1 Å². The van der Waals surface area contributed by atoms with E-state index < -0.39 is 0 Å². The first-order chi connectivity index (χ1) is 17.1. The molecule has 0 saturated carbocycles. The van der Waals surface area contributed by atoms with E-state index in [9.17, 15) is 4.79 Å². The molecule has 1 aromatic rings. The average molecular weight is 500 g/mol. The van der Waals surface area contributed by atoms with Crippen LogP contribution in [0.3, 0.4) is 0 Å². The lowest BCUT2D eigenvalue weighted by Gasteiger charge is -2.46. The third-order valence-electron chi connectivity index (χ3n) is 8.43. The van der Waals surface area contributed by atoms with E-state index in [0.29, 0.717) is 37.3 Å². The van der Waals surface area contributed by atoms with Crippen LogP contribution in [0.5, 0.6) is 0 Å². The number of carbonyl (C=O) groups excluding carboxylic acids is 1. The molecule has 2 saturated heterocycles. The number of aromatic nitrogens is 1. The van der Waals surface area contributed by atoms with Gasteiger partial charge in [-0.3, -0.25) is 19.6 Å². The zero-order chi connectivity index (χ0) is 26.0. The maximum atomic E-state index is 13.9. The molecule has 7 heteroatoms. The van der Waals surface area contributed by atoms with E-state index in [1.807, 2.05) is 4.90 Å². The van der Waals surface area contributed by atoms with Gasteiger partial charge in [0, 0.05) is 61.5 Å². The van der Waals surface area contributed by atoms with Gasteiger partial charge in [0.1, 0.15) is 0 Å². The first-order valence-corrected chi connectivity index (χ1v) is 14.3. The Morgan fingerprint density at radius 3 is 2.58 bits per heavy atom. The van der Waals surface area contributed by atoms with Gasteiger partial charge in [0.25, 0.3) is 0 Å². The van der Waals surface area contributed by atoms with E-state index in [-0.39, 0.29) is 11.3 Å². The maximum absolute atomic E-state index is 13.9. The van der Waals surface area contributed by atoms with Crippen LogP contribution in [0.2, 0.25) is 0 Å². The van der Waals surface area contributed by atoms with E-state index in [1.54, 1.807) is 0 Å². The third-order valence-corrected chi connectivity index (χ3v) is 8.43. The van der Waals surface area contributed by atoms with Crippen LogP contribution in [0.1, 0.15) is 78.3 Å². The second-order valence-corrected chi connectivity index (χ2v) is 12.1. The highest BCUT2D eigenvalue weighted by Gasteiger charge is 2.41. The van der Waals surface area contributed by atoms with Crippen molar-refractivity contribution in [2.75, 3.05) is 50.8 Å². The summed E-state index contributed by atoms with van der Waals surface area (Å²) in [6.07, 6.45) is 4.30. The van der Waals surface area contributed by atoms with Crippen molar-refractivity contribution in [1.82, 2.24) is 20.1 Å². The average Bonchev–Trinajstić information content (AvgIpc) is 3.10. The minimum Gasteiger partial charge on any atom is -0.378 e. The van der Waals surface area contributed by atoms with Crippen LogP contribution in [-0.4, -0.2) is 90.8 Å². The number of hydrogen-bond acceptors (Lipinski definition) is 6. The Morgan fingerprint density at radius 2 is 1.92 bits per heavy atom. The van der Waals surface area contributed by atoms with Gasteiger partial charge in [0.05, 0.1) is 31.1 Å². The summed E-state index contributed by atoms with van der Waals surface area (Å²) in [6, 6.07) is 3.78. The SMILES string of the molecule is CCCCc1cc2c(nc1CC)C(C)(C)CN2C(=O)CN1C[C@@H](C)NC[C@@H]1CN1[C@H](C)COC[C@H]1C. The van der Waals surface area contributed by atoms with Gasteiger partial charge in [-0.05, 0) is 51.7 Å². The number of aryl methyl sites for hydroxylation is 2. The monoisotopic (exact) mass is 499 g/mol. The molecule has 4 heterocycles. The molecule has 1 aromatic heterocycles. The fraction of sp³-hybridized carbons (Fsp3) is 0.793. The lowest BCUT2D eigenvalue weighted by Crippen LogP contribution is -2.63. The number of fused-ring (bicyclic) bond motifs is 1. The van der Waals surface area contributed by atoms with Crippen molar-refractivity contribution in [3.63, 3.8) is 0 Å². The van der Waals surface area contributed by atoms with Crippen LogP contribution < -0.4 is 10.2 Å². The molecule has 2 fully saturated rings. The number of hydrogen-bond donors (Lipinski definition) is 1. The Balaban J connectivity index is 1.54. The van der Waals surface area contributed by atoms with Crippen LogP contribution in [-0.2, 0) is 27.8 Å². The molecule has 3 aliphatic rings. The smallest absolute Gasteiger partial charge is 0.241 e. The maximum Gasteiger partial charge on any atom is 0.241 e. The predicted octanol–water partition coefficient (Wildman–Crippen LogP) is 3.38. The molecule has 0 aliphatic carbocycles. The Hall–Kier alpha value is -1.54. The summed E-state index contributed by atoms with van der Waals surface area (Å²) in [7, 11) is 0. The first kappa shape index (κ1) is 27.5. The topological polar surface area (TPSA) is 60.9 Å². The molecule has 7 nitrogen and oxygen atoms in total. The number of pyridine rings is 1. The number of anilines is 1. The number of nitrogens with one attached hydrogen (secondary N) is 1. The largest absolute Gasteiger partial charge is 0.378 e. The van der Waals surface area contributed by atoms with Gasteiger partial charge in [0.15, 0.2) is 0 Å². The first-order valence-electron chi connectivity index (χ1n) is 14.3. The summed E-state index contributed by atoms with van der Waals surface area (Å²) in [6.45, 7) is 21.1. The Bertz CT molecular complexity index is 909. The molecule has 3 aliphatic heterocycles. The minimum absolute atomic E-state index is 0.132. The van der Waals surface area contributed by atoms with Gasteiger partial charge < -0.3 is 15.0 Å². The lowest BCUT2D eigenvalue weighted by molar-refractivity contribution is -0.121. The van der Waals surface area contributed by atoms with Gasteiger partial charge >= 0.3 is 0 Å². The van der Waals surface area contributed by atoms with E-state index in [1.165, 1.54) is 11.3 Å². The van der Waals surface area contributed by atoms with Crippen LogP contribution in [0.4, 0.5) is 5.69 Å². The van der Waals surface area contributed by atoms with Gasteiger partial charge in [-0.15, -0.1) is 0 Å². The second-order valence-electron chi connectivity index (χ2n) is 12.1. The molecule has 202 valence electrons. The molecule has 0 unspecified atom stereocenters. The number of morpholine rings is 1.